The molecule has 0 aliphatic rings. The van der Waals surface area contributed by atoms with Crippen LogP contribution in [0.2, 0.25) is 10.0 Å². The van der Waals surface area contributed by atoms with Gasteiger partial charge in [0.05, 0.1) is 11.5 Å². The number of carbonyl (C=O) groups excluding carboxylic acids is 1. The third-order valence-corrected chi connectivity index (χ3v) is 5.46. The molecule has 11 heteroatoms. The van der Waals surface area contributed by atoms with E-state index in [-0.39, 0.29) is 23.8 Å². The second-order valence-electron chi connectivity index (χ2n) is 7.30. The van der Waals surface area contributed by atoms with Crippen molar-refractivity contribution in [2.75, 3.05) is 5.32 Å². The van der Waals surface area contributed by atoms with Gasteiger partial charge in [0.25, 0.3) is 5.91 Å². The highest BCUT2D eigenvalue weighted by atomic mass is 35.5. The number of halogens is 2. The van der Waals surface area contributed by atoms with Gasteiger partial charge < -0.3 is 14.5 Å². The summed E-state index contributed by atoms with van der Waals surface area (Å²) in [5.41, 5.74) is 1.50. The van der Waals surface area contributed by atoms with Crippen molar-refractivity contribution in [3.05, 3.63) is 104 Å². The maximum atomic E-state index is 12.6. The van der Waals surface area contributed by atoms with E-state index in [1.54, 1.807) is 41.1 Å². The molecule has 4 aromatic rings. The summed E-state index contributed by atoms with van der Waals surface area (Å²) in [5, 5.41) is 19.3. The fourth-order valence-corrected chi connectivity index (χ4v) is 3.65. The van der Waals surface area contributed by atoms with Gasteiger partial charge in [0, 0.05) is 27.9 Å². The third kappa shape index (κ3) is 5.38. The van der Waals surface area contributed by atoms with Crippen LogP contribution in [0.1, 0.15) is 27.6 Å². The van der Waals surface area contributed by atoms with E-state index < -0.39 is 10.8 Å². The number of benzene rings is 2. The largest absolute Gasteiger partial charge is 0.479 e. The van der Waals surface area contributed by atoms with Gasteiger partial charge in [0.1, 0.15) is 12.4 Å². The SMILES string of the molecule is Cc1cc(NC(=O)c2ccc(COc3ccccc3[N+](=O)[O-])o2)nn1Cc1ccc(Cl)cc1Cl. The van der Waals surface area contributed by atoms with E-state index in [1.165, 1.54) is 18.2 Å². The lowest BCUT2D eigenvalue weighted by Crippen LogP contribution is -2.12. The molecule has 0 aliphatic carbocycles. The number of furan rings is 1. The molecule has 0 aliphatic heterocycles. The van der Waals surface area contributed by atoms with Crippen molar-refractivity contribution < 1.29 is 18.9 Å². The van der Waals surface area contributed by atoms with Gasteiger partial charge in [0.15, 0.2) is 17.3 Å². The lowest BCUT2D eigenvalue weighted by molar-refractivity contribution is -0.386. The topological polar surface area (TPSA) is 112 Å². The number of aromatic nitrogens is 2. The highest BCUT2D eigenvalue weighted by molar-refractivity contribution is 6.35. The molecule has 2 aromatic carbocycles. The second-order valence-corrected chi connectivity index (χ2v) is 8.14. The third-order valence-electron chi connectivity index (χ3n) is 4.88. The molecule has 2 aromatic heterocycles. The van der Waals surface area contributed by atoms with E-state index in [2.05, 4.69) is 10.4 Å². The number of para-hydroxylation sites is 2. The molecule has 1 amide bonds. The summed E-state index contributed by atoms with van der Waals surface area (Å²) in [6.45, 7) is 2.19. The van der Waals surface area contributed by atoms with Crippen LogP contribution in [-0.4, -0.2) is 20.6 Å². The number of anilines is 1. The van der Waals surface area contributed by atoms with Gasteiger partial charge >= 0.3 is 5.69 Å². The fraction of sp³-hybridized carbons (Fsp3) is 0.130. The van der Waals surface area contributed by atoms with E-state index in [4.69, 9.17) is 32.4 Å². The molecule has 9 nitrogen and oxygen atoms in total. The molecule has 0 atom stereocenters. The first-order valence-corrected chi connectivity index (χ1v) is 10.8. The van der Waals surface area contributed by atoms with Gasteiger partial charge in [0.2, 0.25) is 0 Å². The average Bonchev–Trinajstić information content (AvgIpc) is 3.41. The Balaban J connectivity index is 1.39. The van der Waals surface area contributed by atoms with Gasteiger partial charge in [-0.1, -0.05) is 41.4 Å². The fourth-order valence-electron chi connectivity index (χ4n) is 3.18. The first-order valence-electron chi connectivity index (χ1n) is 10.0. The number of ether oxygens (including phenoxy) is 1. The van der Waals surface area contributed by atoms with Crippen LogP contribution in [0.25, 0.3) is 0 Å². The zero-order valence-corrected chi connectivity index (χ0v) is 19.3. The number of hydrogen-bond donors (Lipinski definition) is 1. The molecule has 0 fully saturated rings. The summed E-state index contributed by atoms with van der Waals surface area (Å²) in [5.74, 6) is 0.348. The molecular weight excluding hydrogens is 483 g/mol. The van der Waals surface area contributed by atoms with Crippen LogP contribution in [-0.2, 0) is 13.2 Å². The highest BCUT2D eigenvalue weighted by Gasteiger charge is 2.17. The maximum Gasteiger partial charge on any atom is 0.310 e. The predicted octanol–water partition coefficient (Wildman–Crippen LogP) is 5.88. The van der Waals surface area contributed by atoms with Crippen LogP contribution in [0, 0.1) is 17.0 Å². The Morgan fingerprint density at radius 3 is 2.74 bits per heavy atom. The van der Waals surface area contributed by atoms with Gasteiger partial charge in [-0.25, -0.2) is 0 Å². The van der Waals surface area contributed by atoms with Crippen molar-refractivity contribution in [3.8, 4) is 5.75 Å². The number of carbonyl (C=O) groups is 1. The van der Waals surface area contributed by atoms with Crippen LogP contribution in [0.15, 0.2) is 65.1 Å². The van der Waals surface area contributed by atoms with Crippen molar-refractivity contribution >= 4 is 40.6 Å². The van der Waals surface area contributed by atoms with E-state index >= 15 is 0 Å². The van der Waals surface area contributed by atoms with Crippen LogP contribution < -0.4 is 10.1 Å². The van der Waals surface area contributed by atoms with Gasteiger partial charge in [-0.3, -0.25) is 19.6 Å². The number of nitrogens with zero attached hydrogens (tertiary/aromatic N) is 3. The zero-order chi connectivity index (χ0) is 24.2. The Hall–Kier alpha value is -3.82. The molecule has 1 N–H and O–H groups in total. The van der Waals surface area contributed by atoms with Crippen molar-refractivity contribution in [2.45, 2.75) is 20.1 Å². The summed E-state index contributed by atoms with van der Waals surface area (Å²) in [6, 6.07) is 16.0. The van der Waals surface area contributed by atoms with Crippen LogP contribution in [0.4, 0.5) is 11.5 Å². The Morgan fingerprint density at radius 2 is 1.97 bits per heavy atom. The molecule has 174 valence electrons. The zero-order valence-electron chi connectivity index (χ0n) is 17.8. The van der Waals surface area contributed by atoms with Crippen LogP contribution in [0.5, 0.6) is 5.75 Å². The normalized spacial score (nSPS) is 10.8. The number of nitro benzene ring substituents is 1. The summed E-state index contributed by atoms with van der Waals surface area (Å²) >= 11 is 12.2. The Bertz CT molecular complexity index is 1370. The minimum atomic E-state index is -0.529. The molecule has 4 rings (SSSR count). The minimum Gasteiger partial charge on any atom is -0.479 e. The number of amides is 1. The molecule has 0 bridgehead atoms. The Morgan fingerprint density at radius 1 is 1.18 bits per heavy atom. The Labute approximate surface area is 204 Å². The summed E-state index contributed by atoms with van der Waals surface area (Å²) in [4.78, 5) is 23.2. The lowest BCUT2D eigenvalue weighted by atomic mass is 10.2. The average molecular weight is 501 g/mol. The quantitative estimate of drug-likeness (QED) is 0.238. The Kier molecular flexibility index (Phi) is 6.85. The van der Waals surface area contributed by atoms with E-state index in [9.17, 15) is 14.9 Å². The maximum absolute atomic E-state index is 12.6. The molecule has 0 unspecified atom stereocenters. The van der Waals surface area contributed by atoms with Crippen molar-refractivity contribution in [1.29, 1.82) is 0 Å². The smallest absolute Gasteiger partial charge is 0.310 e. The monoisotopic (exact) mass is 500 g/mol. The lowest BCUT2D eigenvalue weighted by Gasteiger charge is -2.07. The van der Waals surface area contributed by atoms with E-state index in [1.807, 2.05) is 13.0 Å². The first-order chi connectivity index (χ1) is 16.3. The van der Waals surface area contributed by atoms with E-state index in [0.717, 1.165) is 11.3 Å². The van der Waals surface area contributed by atoms with Gasteiger partial charge in [-0.2, -0.15) is 5.10 Å². The molecule has 0 saturated carbocycles. The number of nitro groups is 1. The molecular formula is C23H18Cl2N4O5. The second kappa shape index (κ2) is 9.98. The number of nitrogens with one attached hydrogen (secondary N) is 1. The molecule has 0 spiro atoms. The standard InChI is InChI=1S/C23H18Cl2N4O5/c1-14-10-22(27-28(14)12-15-6-7-16(24)11-18(15)25)26-23(30)21-9-8-17(34-21)13-33-20-5-3-2-4-19(20)29(31)32/h2-11H,12-13H2,1H3,(H,26,27,30). The van der Waals surface area contributed by atoms with Gasteiger partial charge in [-0.05, 0) is 42.8 Å². The predicted molar refractivity (Wildman–Crippen MR) is 127 cm³/mol. The van der Waals surface area contributed by atoms with Gasteiger partial charge in [-0.15, -0.1) is 0 Å². The highest BCUT2D eigenvalue weighted by Crippen LogP contribution is 2.27. The summed E-state index contributed by atoms with van der Waals surface area (Å²) < 4.78 is 12.7. The molecule has 0 saturated heterocycles. The van der Waals surface area contributed by atoms with E-state index in [0.29, 0.717) is 28.2 Å². The summed E-state index contributed by atoms with van der Waals surface area (Å²) in [7, 11) is 0. The number of hydrogen-bond acceptors (Lipinski definition) is 6. The van der Waals surface area contributed by atoms with Crippen LogP contribution in [0.3, 0.4) is 0 Å². The molecule has 0 radical (unpaired) electrons. The summed E-state index contributed by atoms with van der Waals surface area (Å²) in [6.07, 6.45) is 0. The number of rotatable bonds is 8. The number of aryl methyl sites for hydroxylation is 1. The van der Waals surface area contributed by atoms with Crippen molar-refractivity contribution in [1.82, 2.24) is 9.78 Å². The molecule has 2 heterocycles. The minimum absolute atomic E-state index is 0.0501. The van der Waals surface area contributed by atoms with Crippen molar-refractivity contribution in [2.24, 2.45) is 0 Å². The van der Waals surface area contributed by atoms with Crippen LogP contribution >= 0.6 is 23.2 Å². The molecule has 34 heavy (non-hydrogen) atoms. The first kappa shape index (κ1) is 23.3. The van der Waals surface area contributed by atoms with Crippen molar-refractivity contribution in [3.63, 3.8) is 0 Å².